The maximum atomic E-state index is 6.10. The molecule has 1 aliphatic heterocycles. The molecule has 0 aliphatic carbocycles. The predicted octanol–water partition coefficient (Wildman–Crippen LogP) is 2.91. The van der Waals surface area contributed by atoms with Crippen molar-refractivity contribution in [3.8, 4) is 0 Å². The molecule has 1 saturated heterocycles. The molecule has 0 atom stereocenters. The van der Waals surface area contributed by atoms with E-state index in [4.69, 9.17) is 5.73 Å². The van der Waals surface area contributed by atoms with Gasteiger partial charge in [-0.25, -0.2) is 4.98 Å². The second kappa shape index (κ2) is 8.36. The number of rotatable bonds is 3. The van der Waals surface area contributed by atoms with E-state index < -0.39 is 0 Å². The molecule has 3 rings (SSSR count). The third-order valence-electron chi connectivity index (χ3n) is 3.99. The predicted molar refractivity (Wildman–Crippen MR) is 102 cm³/mol. The van der Waals surface area contributed by atoms with Gasteiger partial charge < -0.3 is 15.6 Å². The number of fused-ring (bicyclic) bond motifs is 1. The summed E-state index contributed by atoms with van der Waals surface area (Å²) in [4.78, 5) is 14.6. The van der Waals surface area contributed by atoms with Gasteiger partial charge in [0, 0.05) is 26.1 Å². The third kappa shape index (κ3) is 4.34. The van der Waals surface area contributed by atoms with Gasteiger partial charge in [-0.1, -0.05) is 25.0 Å². The Morgan fingerprint density at radius 1 is 1.18 bits per heavy atom. The highest BCUT2D eigenvalue weighted by Gasteiger charge is 2.10. The van der Waals surface area contributed by atoms with Crippen LogP contribution in [-0.2, 0) is 6.42 Å². The zero-order valence-electron chi connectivity index (χ0n) is 12.8. The summed E-state index contributed by atoms with van der Waals surface area (Å²) in [6.07, 6.45) is 5.86. The van der Waals surface area contributed by atoms with Gasteiger partial charge in [-0.15, -0.1) is 24.0 Å². The smallest absolute Gasteiger partial charge is 0.191 e. The van der Waals surface area contributed by atoms with Crippen LogP contribution in [0.5, 0.6) is 0 Å². The van der Waals surface area contributed by atoms with Gasteiger partial charge in [0.25, 0.3) is 0 Å². The maximum absolute atomic E-state index is 6.10. The van der Waals surface area contributed by atoms with Crippen molar-refractivity contribution in [2.75, 3.05) is 19.6 Å². The van der Waals surface area contributed by atoms with Crippen LogP contribution in [0.25, 0.3) is 11.0 Å². The Kier molecular flexibility index (Phi) is 6.48. The summed E-state index contributed by atoms with van der Waals surface area (Å²) >= 11 is 0. The molecule has 3 N–H and O–H groups in total. The molecule has 0 bridgehead atoms. The lowest BCUT2D eigenvalue weighted by Gasteiger charge is -2.20. The van der Waals surface area contributed by atoms with E-state index in [1.807, 2.05) is 24.3 Å². The summed E-state index contributed by atoms with van der Waals surface area (Å²) < 4.78 is 0. The van der Waals surface area contributed by atoms with Crippen LogP contribution in [0.1, 0.15) is 31.5 Å². The third-order valence-corrected chi connectivity index (χ3v) is 3.99. The zero-order chi connectivity index (χ0) is 14.5. The molecular formula is C16H24IN5. The summed E-state index contributed by atoms with van der Waals surface area (Å²) in [6.45, 7) is 2.77. The number of aromatic nitrogens is 2. The molecule has 1 aliphatic rings. The van der Waals surface area contributed by atoms with Crippen molar-refractivity contribution >= 4 is 41.0 Å². The number of H-pyrrole nitrogens is 1. The molecule has 5 nitrogen and oxygen atoms in total. The van der Waals surface area contributed by atoms with E-state index in [0.29, 0.717) is 12.5 Å². The Labute approximate surface area is 148 Å². The lowest BCUT2D eigenvalue weighted by Crippen LogP contribution is -2.38. The van der Waals surface area contributed by atoms with Gasteiger partial charge in [-0.3, -0.25) is 4.99 Å². The molecule has 1 aromatic heterocycles. The van der Waals surface area contributed by atoms with Gasteiger partial charge in [0.05, 0.1) is 11.0 Å². The molecule has 120 valence electrons. The highest BCUT2D eigenvalue weighted by molar-refractivity contribution is 14.0. The van der Waals surface area contributed by atoms with Gasteiger partial charge in [0.2, 0.25) is 0 Å². The molecule has 1 aromatic carbocycles. The summed E-state index contributed by atoms with van der Waals surface area (Å²) in [5.74, 6) is 1.66. The number of halogens is 1. The average Bonchev–Trinajstić information content (AvgIpc) is 2.71. The number of nitrogens with zero attached hydrogens (tertiary/aromatic N) is 3. The fraction of sp³-hybridized carbons (Fsp3) is 0.500. The van der Waals surface area contributed by atoms with E-state index in [2.05, 4.69) is 19.9 Å². The molecule has 0 saturated carbocycles. The molecule has 6 heteroatoms. The van der Waals surface area contributed by atoms with Crippen molar-refractivity contribution in [1.29, 1.82) is 0 Å². The van der Waals surface area contributed by atoms with Crippen LogP contribution in [0.2, 0.25) is 0 Å². The second-order valence-corrected chi connectivity index (χ2v) is 5.59. The SMILES string of the molecule is I.NC(=NCCc1nc2ccccc2[nH]1)N1CCCCCC1. The largest absolute Gasteiger partial charge is 0.370 e. The van der Waals surface area contributed by atoms with Gasteiger partial charge in [0.15, 0.2) is 5.96 Å². The highest BCUT2D eigenvalue weighted by Crippen LogP contribution is 2.11. The Morgan fingerprint density at radius 3 is 2.64 bits per heavy atom. The zero-order valence-corrected chi connectivity index (χ0v) is 15.1. The number of benzene rings is 1. The number of para-hydroxylation sites is 2. The van der Waals surface area contributed by atoms with Crippen molar-refractivity contribution in [2.45, 2.75) is 32.1 Å². The van der Waals surface area contributed by atoms with Crippen LogP contribution in [-0.4, -0.2) is 40.5 Å². The summed E-state index contributed by atoms with van der Waals surface area (Å²) in [5.41, 5.74) is 8.19. The van der Waals surface area contributed by atoms with E-state index in [1.165, 1.54) is 25.7 Å². The number of aliphatic imine (C=N–C) groups is 1. The first-order valence-corrected chi connectivity index (χ1v) is 7.81. The first-order valence-electron chi connectivity index (χ1n) is 7.81. The van der Waals surface area contributed by atoms with Crippen LogP contribution >= 0.6 is 24.0 Å². The number of nitrogens with two attached hydrogens (primary N) is 1. The first-order chi connectivity index (χ1) is 10.3. The Morgan fingerprint density at radius 2 is 1.91 bits per heavy atom. The van der Waals surface area contributed by atoms with Gasteiger partial charge in [-0.05, 0) is 25.0 Å². The van der Waals surface area contributed by atoms with Crippen molar-refractivity contribution in [3.05, 3.63) is 30.1 Å². The topological polar surface area (TPSA) is 70.3 Å². The number of hydrogen-bond donors (Lipinski definition) is 2. The number of likely N-dealkylation sites (tertiary alicyclic amines) is 1. The van der Waals surface area contributed by atoms with E-state index in [-0.39, 0.29) is 24.0 Å². The average molecular weight is 413 g/mol. The molecule has 2 heterocycles. The molecule has 0 spiro atoms. The Balaban J connectivity index is 0.00000176. The molecular weight excluding hydrogens is 389 g/mol. The van der Waals surface area contributed by atoms with Crippen molar-refractivity contribution in [1.82, 2.24) is 14.9 Å². The number of aromatic amines is 1. The van der Waals surface area contributed by atoms with Crippen LogP contribution in [0, 0.1) is 0 Å². The number of guanidine groups is 1. The van der Waals surface area contributed by atoms with E-state index in [0.717, 1.165) is 36.4 Å². The number of nitrogens with one attached hydrogen (secondary N) is 1. The van der Waals surface area contributed by atoms with Crippen molar-refractivity contribution in [3.63, 3.8) is 0 Å². The summed E-state index contributed by atoms with van der Waals surface area (Å²) in [7, 11) is 0. The normalized spacial score (nSPS) is 16.4. The van der Waals surface area contributed by atoms with Crippen molar-refractivity contribution < 1.29 is 0 Å². The van der Waals surface area contributed by atoms with E-state index >= 15 is 0 Å². The molecule has 0 unspecified atom stereocenters. The lowest BCUT2D eigenvalue weighted by molar-refractivity contribution is 0.428. The molecule has 1 fully saturated rings. The lowest BCUT2D eigenvalue weighted by atomic mass is 10.2. The number of imidazole rings is 1. The van der Waals surface area contributed by atoms with Gasteiger partial charge >= 0.3 is 0 Å². The second-order valence-electron chi connectivity index (χ2n) is 5.59. The number of hydrogen-bond acceptors (Lipinski definition) is 2. The van der Waals surface area contributed by atoms with E-state index in [9.17, 15) is 0 Å². The quantitative estimate of drug-likeness (QED) is 0.462. The van der Waals surface area contributed by atoms with Crippen LogP contribution < -0.4 is 5.73 Å². The van der Waals surface area contributed by atoms with Crippen LogP contribution in [0.15, 0.2) is 29.3 Å². The molecule has 22 heavy (non-hydrogen) atoms. The molecule has 0 radical (unpaired) electrons. The van der Waals surface area contributed by atoms with Crippen LogP contribution in [0.3, 0.4) is 0 Å². The maximum Gasteiger partial charge on any atom is 0.191 e. The fourth-order valence-electron chi connectivity index (χ4n) is 2.80. The minimum absolute atomic E-state index is 0. The van der Waals surface area contributed by atoms with Gasteiger partial charge in [-0.2, -0.15) is 0 Å². The van der Waals surface area contributed by atoms with Crippen LogP contribution in [0.4, 0.5) is 0 Å². The fourth-order valence-corrected chi connectivity index (χ4v) is 2.80. The highest BCUT2D eigenvalue weighted by atomic mass is 127. The van der Waals surface area contributed by atoms with Crippen molar-refractivity contribution in [2.24, 2.45) is 10.7 Å². The standard InChI is InChI=1S/C16H23N5.HI/c17-16(21-11-5-1-2-6-12-21)18-10-9-15-19-13-7-3-4-8-14(13)20-15;/h3-4,7-8H,1-2,5-6,9-12H2,(H2,17,18)(H,19,20);1H. The van der Waals surface area contributed by atoms with Gasteiger partial charge in [0.1, 0.15) is 5.82 Å². The minimum atomic E-state index is 0. The minimum Gasteiger partial charge on any atom is -0.370 e. The monoisotopic (exact) mass is 413 g/mol. The first kappa shape index (κ1) is 17.1. The summed E-state index contributed by atoms with van der Waals surface area (Å²) in [6, 6.07) is 8.08. The molecule has 0 amide bonds. The molecule has 2 aromatic rings. The summed E-state index contributed by atoms with van der Waals surface area (Å²) in [5, 5.41) is 0. The Bertz CT molecular complexity index is 581. The Hall–Kier alpha value is -1.31. The van der Waals surface area contributed by atoms with E-state index in [1.54, 1.807) is 0 Å².